The molecule has 1 saturated heterocycles. The average Bonchev–Trinajstić information content (AvgIpc) is 2.71. The van der Waals surface area contributed by atoms with Gasteiger partial charge in [0.2, 0.25) is 0 Å². The summed E-state index contributed by atoms with van der Waals surface area (Å²) in [5.41, 5.74) is 5.34. The third-order valence-electron chi connectivity index (χ3n) is 4.60. The molecule has 2 heterocycles. The van der Waals surface area contributed by atoms with E-state index >= 15 is 0 Å². The molecule has 2 fully saturated rings. The maximum atomic E-state index is 4.89. The highest BCUT2D eigenvalue weighted by Crippen LogP contribution is 2.52. The standard InChI is InChI=1S/C15H16N2/c1-10-6-7-13-14-15(10,8-9-16-13)11-4-2-3-5-12(11)17-14/h2-5,13,16H,1,6-9H2/t13?,15-/m0/s1. The van der Waals surface area contributed by atoms with Crippen molar-refractivity contribution in [3.63, 3.8) is 0 Å². The van der Waals surface area contributed by atoms with Crippen molar-refractivity contribution in [2.24, 2.45) is 4.99 Å². The van der Waals surface area contributed by atoms with Gasteiger partial charge in [0.15, 0.2) is 0 Å². The van der Waals surface area contributed by atoms with E-state index in [-0.39, 0.29) is 5.41 Å². The first kappa shape index (κ1) is 9.60. The van der Waals surface area contributed by atoms with Gasteiger partial charge in [-0.05, 0) is 37.4 Å². The Bertz CT molecular complexity index is 544. The van der Waals surface area contributed by atoms with Crippen LogP contribution in [-0.4, -0.2) is 18.3 Å². The van der Waals surface area contributed by atoms with Crippen LogP contribution in [0.3, 0.4) is 0 Å². The normalized spacial score (nSPS) is 34.0. The second kappa shape index (κ2) is 3.08. The Kier molecular flexibility index (Phi) is 1.74. The van der Waals surface area contributed by atoms with Crippen molar-refractivity contribution in [2.45, 2.75) is 30.7 Å². The van der Waals surface area contributed by atoms with Gasteiger partial charge >= 0.3 is 0 Å². The summed E-state index contributed by atoms with van der Waals surface area (Å²) in [6, 6.07) is 9.06. The van der Waals surface area contributed by atoms with Gasteiger partial charge in [-0.15, -0.1) is 0 Å². The molecule has 0 aromatic heterocycles. The third-order valence-corrected chi connectivity index (χ3v) is 4.60. The lowest BCUT2D eigenvalue weighted by Crippen LogP contribution is -2.57. The molecule has 2 aliphatic heterocycles. The number of para-hydroxylation sites is 1. The summed E-state index contributed by atoms with van der Waals surface area (Å²) in [5, 5.41) is 3.60. The zero-order valence-electron chi connectivity index (χ0n) is 9.87. The molecule has 2 nitrogen and oxygen atoms in total. The van der Waals surface area contributed by atoms with Crippen LogP contribution in [-0.2, 0) is 5.41 Å². The minimum Gasteiger partial charge on any atom is -0.309 e. The lowest BCUT2D eigenvalue weighted by Gasteiger charge is -2.46. The Balaban J connectivity index is 2.01. The number of rotatable bonds is 0. The van der Waals surface area contributed by atoms with Gasteiger partial charge in [-0.1, -0.05) is 30.4 Å². The number of nitrogens with zero attached hydrogens (tertiary/aromatic N) is 1. The fraction of sp³-hybridized carbons (Fsp3) is 0.400. The van der Waals surface area contributed by atoms with Crippen molar-refractivity contribution < 1.29 is 0 Å². The number of aliphatic imine (C=N–C) groups is 1. The fourth-order valence-corrected chi connectivity index (χ4v) is 3.78. The highest BCUT2D eigenvalue weighted by molar-refractivity contribution is 6.09. The van der Waals surface area contributed by atoms with E-state index in [1.807, 2.05) is 0 Å². The van der Waals surface area contributed by atoms with Gasteiger partial charge in [0.1, 0.15) is 0 Å². The third kappa shape index (κ3) is 1.02. The summed E-state index contributed by atoms with van der Waals surface area (Å²) in [6.45, 7) is 5.44. The average molecular weight is 224 g/mol. The molecule has 0 radical (unpaired) electrons. The van der Waals surface area contributed by atoms with Crippen LogP contribution in [0.2, 0.25) is 0 Å². The van der Waals surface area contributed by atoms with E-state index in [2.05, 4.69) is 36.2 Å². The SMILES string of the molecule is C=C1CCC2NCC[C@]13C2=Nc1ccccc13. The molecule has 17 heavy (non-hydrogen) atoms. The first-order valence-corrected chi connectivity index (χ1v) is 6.42. The number of hydrogen-bond donors (Lipinski definition) is 1. The van der Waals surface area contributed by atoms with E-state index < -0.39 is 0 Å². The van der Waals surface area contributed by atoms with Gasteiger partial charge < -0.3 is 5.32 Å². The zero-order chi connectivity index (χ0) is 11.5. The molecule has 1 aliphatic carbocycles. The molecule has 86 valence electrons. The van der Waals surface area contributed by atoms with Gasteiger partial charge in [-0.3, -0.25) is 4.99 Å². The highest BCUT2D eigenvalue weighted by atomic mass is 15.0. The molecule has 1 saturated carbocycles. The lowest BCUT2D eigenvalue weighted by molar-refractivity contribution is 0.407. The van der Waals surface area contributed by atoms with Crippen molar-refractivity contribution in [1.29, 1.82) is 0 Å². The first-order valence-electron chi connectivity index (χ1n) is 6.42. The highest BCUT2D eigenvalue weighted by Gasteiger charge is 2.52. The predicted octanol–water partition coefficient (Wildman–Crippen LogP) is 2.72. The van der Waals surface area contributed by atoms with Gasteiger partial charge in [-0.25, -0.2) is 0 Å². The number of benzene rings is 1. The molecule has 3 aliphatic rings. The Morgan fingerprint density at radius 3 is 3.18 bits per heavy atom. The largest absolute Gasteiger partial charge is 0.309 e. The summed E-state index contributed by atoms with van der Waals surface area (Å²) in [6.07, 6.45) is 3.41. The summed E-state index contributed by atoms with van der Waals surface area (Å²) >= 11 is 0. The summed E-state index contributed by atoms with van der Waals surface area (Å²) in [7, 11) is 0. The Hall–Kier alpha value is -1.41. The lowest BCUT2D eigenvalue weighted by atomic mass is 9.61. The maximum Gasteiger partial charge on any atom is 0.0675 e. The Morgan fingerprint density at radius 1 is 1.35 bits per heavy atom. The molecule has 2 bridgehead atoms. The summed E-state index contributed by atoms with van der Waals surface area (Å²) < 4.78 is 0. The second-order valence-corrected chi connectivity index (χ2v) is 5.32. The number of allylic oxidation sites excluding steroid dienone is 1. The molecule has 0 spiro atoms. The van der Waals surface area contributed by atoms with E-state index in [0.29, 0.717) is 6.04 Å². The quantitative estimate of drug-likeness (QED) is 0.673. The van der Waals surface area contributed by atoms with Crippen LogP contribution in [0.5, 0.6) is 0 Å². The molecule has 4 rings (SSSR count). The van der Waals surface area contributed by atoms with Gasteiger partial charge in [0.05, 0.1) is 16.8 Å². The minimum atomic E-state index is 0.0742. The molecular formula is C15H16N2. The van der Waals surface area contributed by atoms with Gasteiger partial charge in [0.25, 0.3) is 0 Å². The Morgan fingerprint density at radius 2 is 2.24 bits per heavy atom. The minimum absolute atomic E-state index is 0.0742. The van der Waals surface area contributed by atoms with Crippen LogP contribution in [0.15, 0.2) is 41.4 Å². The van der Waals surface area contributed by atoms with E-state index in [4.69, 9.17) is 4.99 Å². The van der Waals surface area contributed by atoms with Gasteiger partial charge in [0, 0.05) is 6.04 Å². The molecular weight excluding hydrogens is 208 g/mol. The number of piperidine rings is 1. The van der Waals surface area contributed by atoms with Gasteiger partial charge in [-0.2, -0.15) is 0 Å². The van der Waals surface area contributed by atoms with Crippen LogP contribution in [0.25, 0.3) is 0 Å². The molecule has 2 heteroatoms. The molecule has 1 N–H and O–H groups in total. The van der Waals surface area contributed by atoms with Crippen LogP contribution in [0, 0.1) is 0 Å². The number of fused-ring (bicyclic) bond motifs is 1. The summed E-state index contributed by atoms with van der Waals surface area (Å²) in [4.78, 5) is 4.89. The smallest absolute Gasteiger partial charge is 0.0675 e. The van der Waals surface area contributed by atoms with Crippen molar-refractivity contribution in [3.05, 3.63) is 42.0 Å². The van der Waals surface area contributed by atoms with E-state index in [1.54, 1.807) is 0 Å². The zero-order valence-corrected chi connectivity index (χ0v) is 9.87. The molecule has 2 atom stereocenters. The van der Waals surface area contributed by atoms with Crippen molar-refractivity contribution in [2.75, 3.05) is 6.54 Å². The van der Waals surface area contributed by atoms with Crippen LogP contribution < -0.4 is 5.32 Å². The second-order valence-electron chi connectivity index (χ2n) is 5.32. The van der Waals surface area contributed by atoms with E-state index in [0.717, 1.165) is 25.8 Å². The van der Waals surface area contributed by atoms with Crippen LogP contribution in [0.1, 0.15) is 24.8 Å². The Labute approximate surface area is 101 Å². The molecule has 1 unspecified atom stereocenters. The number of hydrogen-bond acceptors (Lipinski definition) is 2. The molecule has 0 amide bonds. The van der Waals surface area contributed by atoms with Crippen LogP contribution in [0.4, 0.5) is 5.69 Å². The van der Waals surface area contributed by atoms with Crippen molar-refractivity contribution in [3.8, 4) is 0 Å². The monoisotopic (exact) mass is 224 g/mol. The maximum absolute atomic E-state index is 4.89. The van der Waals surface area contributed by atoms with Crippen molar-refractivity contribution >= 4 is 11.4 Å². The topological polar surface area (TPSA) is 24.4 Å². The van der Waals surface area contributed by atoms with Crippen molar-refractivity contribution in [1.82, 2.24) is 5.32 Å². The number of nitrogens with one attached hydrogen (secondary N) is 1. The molecule has 1 aromatic carbocycles. The van der Waals surface area contributed by atoms with E-state index in [9.17, 15) is 0 Å². The predicted molar refractivity (Wildman–Crippen MR) is 70.0 cm³/mol. The first-order chi connectivity index (χ1) is 8.32. The molecule has 1 aromatic rings. The summed E-state index contributed by atoms with van der Waals surface area (Å²) in [5.74, 6) is 0. The fourth-order valence-electron chi connectivity index (χ4n) is 3.78. The van der Waals surface area contributed by atoms with Crippen LogP contribution >= 0.6 is 0 Å². The van der Waals surface area contributed by atoms with E-state index in [1.165, 1.54) is 22.5 Å².